The molecule has 158 valence electrons. The number of rotatable bonds is 5. The van der Waals surface area contributed by atoms with Crippen molar-refractivity contribution in [3.05, 3.63) is 112 Å². The van der Waals surface area contributed by atoms with Gasteiger partial charge < -0.3 is 4.57 Å². The molecule has 3 aromatic carbocycles. The number of aromatic nitrogens is 1. The van der Waals surface area contributed by atoms with Gasteiger partial charge >= 0.3 is 0 Å². The summed E-state index contributed by atoms with van der Waals surface area (Å²) in [5.41, 5.74) is 3.24. The van der Waals surface area contributed by atoms with Gasteiger partial charge in [0, 0.05) is 28.2 Å². The molecule has 0 N–H and O–H groups in total. The Bertz CT molecular complexity index is 1360. The van der Waals surface area contributed by atoms with E-state index in [-0.39, 0.29) is 23.5 Å². The fourth-order valence-corrected chi connectivity index (χ4v) is 4.70. The topological polar surface area (TPSA) is 42.3 Å². The van der Waals surface area contributed by atoms with Crippen molar-refractivity contribution in [2.75, 3.05) is 0 Å². The van der Waals surface area contributed by atoms with Crippen LogP contribution < -0.4 is 0 Å². The minimum Gasteiger partial charge on any atom is -0.342 e. The molecule has 1 saturated heterocycles. The Morgan fingerprint density at radius 2 is 1.56 bits per heavy atom. The van der Waals surface area contributed by atoms with Crippen molar-refractivity contribution in [3.63, 3.8) is 0 Å². The van der Waals surface area contributed by atoms with Gasteiger partial charge in [-0.2, -0.15) is 0 Å². The molecule has 6 heteroatoms. The van der Waals surface area contributed by atoms with E-state index in [0.717, 1.165) is 33.8 Å². The van der Waals surface area contributed by atoms with Gasteiger partial charge in [-0.15, -0.1) is 0 Å². The quantitative estimate of drug-likeness (QED) is 0.353. The van der Waals surface area contributed by atoms with Gasteiger partial charge in [0.2, 0.25) is 0 Å². The number of hydrogen-bond donors (Lipinski definition) is 0. The maximum Gasteiger partial charge on any atom is 0.293 e. The van der Waals surface area contributed by atoms with Crippen molar-refractivity contribution in [1.82, 2.24) is 9.47 Å². The molecule has 0 bridgehead atoms. The van der Waals surface area contributed by atoms with Crippen molar-refractivity contribution >= 4 is 39.9 Å². The van der Waals surface area contributed by atoms with E-state index in [1.807, 2.05) is 71.4 Å². The first-order valence-electron chi connectivity index (χ1n) is 10.2. The number of amides is 2. The molecule has 1 fully saturated rings. The molecule has 0 aliphatic carbocycles. The van der Waals surface area contributed by atoms with Gasteiger partial charge in [0.15, 0.2) is 0 Å². The SMILES string of the molecule is O=C1S/C(=C\c2cn(Cc3ccccc3F)c3ccccc23)C(=O)N1Cc1ccccc1. The molecule has 0 unspecified atom stereocenters. The van der Waals surface area contributed by atoms with Crippen molar-refractivity contribution in [2.45, 2.75) is 13.1 Å². The van der Waals surface area contributed by atoms with E-state index in [1.54, 1.807) is 18.2 Å². The highest BCUT2D eigenvalue weighted by atomic mass is 32.2. The Morgan fingerprint density at radius 1 is 0.844 bits per heavy atom. The van der Waals surface area contributed by atoms with E-state index in [0.29, 0.717) is 17.0 Å². The highest BCUT2D eigenvalue weighted by Gasteiger charge is 2.35. The van der Waals surface area contributed by atoms with Gasteiger partial charge in [-0.3, -0.25) is 14.5 Å². The molecule has 1 aliphatic rings. The zero-order chi connectivity index (χ0) is 22.1. The largest absolute Gasteiger partial charge is 0.342 e. The number of carbonyl (C=O) groups excluding carboxylic acids is 2. The van der Waals surface area contributed by atoms with Gasteiger partial charge in [0.25, 0.3) is 11.1 Å². The van der Waals surface area contributed by atoms with Crippen molar-refractivity contribution in [2.24, 2.45) is 0 Å². The van der Waals surface area contributed by atoms with Crippen LogP contribution in [0.3, 0.4) is 0 Å². The summed E-state index contributed by atoms with van der Waals surface area (Å²) in [6, 6.07) is 23.9. The van der Waals surface area contributed by atoms with Crippen LogP contribution in [0, 0.1) is 5.82 Å². The summed E-state index contributed by atoms with van der Waals surface area (Å²) in [5.74, 6) is -0.552. The lowest BCUT2D eigenvalue weighted by molar-refractivity contribution is -0.123. The van der Waals surface area contributed by atoms with Gasteiger partial charge in [0.05, 0.1) is 18.0 Å². The van der Waals surface area contributed by atoms with Gasteiger partial charge in [-0.05, 0) is 35.5 Å². The zero-order valence-electron chi connectivity index (χ0n) is 17.1. The molecule has 2 amide bonds. The summed E-state index contributed by atoms with van der Waals surface area (Å²) < 4.78 is 16.2. The molecular formula is C26H19FN2O2S. The van der Waals surface area contributed by atoms with Crippen LogP contribution in [0.1, 0.15) is 16.7 Å². The van der Waals surface area contributed by atoms with Crippen LogP contribution in [0.25, 0.3) is 17.0 Å². The van der Waals surface area contributed by atoms with Crippen LogP contribution in [0.5, 0.6) is 0 Å². The van der Waals surface area contributed by atoms with E-state index in [2.05, 4.69) is 0 Å². The van der Waals surface area contributed by atoms with Crippen molar-refractivity contribution < 1.29 is 14.0 Å². The summed E-state index contributed by atoms with van der Waals surface area (Å²) in [7, 11) is 0. The number of benzene rings is 3. The molecular weight excluding hydrogens is 423 g/mol. The van der Waals surface area contributed by atoms with Crippen molar-refractivity contribution in [1.29, 1.82) is 0 Å². The second kappa shape index (κ2) is 8.48. The summed E-state index contributed by atoms with van der Waals surface area (Å²) in [4.78, 5) is 27.1. The Balaban J connectivity index is 1.48. The molecule has 32 heavy (non-hydrogen) atoms. The minimum atomic E-state index is -0.296. The smallest absolute Gasteiger partial charge is 0.293 e. The number of para-hydroxylation sites is 1. The van der Waals surface area contributed by atoms with E-state index in [4.69, 9.17) is 0 Å². The predicted molar refractivity (Wildman–Crippen MR) is 125 cm³/mol. The highest BCUT2D eigenvalue weighted by Crippen LogP contribution is 2.35. The first-order valence-corrected chi connectivity index (χ1v) is 11.0. The van der Waals surface area contributed by atoms with E-state index < -0.39 is 0 Å². The fourth-order valence-electron chi connectivity index (χ4n) is 3.87. The third-order valence-corrected chi connectivity index (χ3v) is 6.37. The molecule has 4 aromatic rings. The molecule has 1 aromatic heterocycles. The second-order valence-electron chi connectivity index (χ2n) is 7.57. The average molecular weight is 443 g/mol. The Morgan fingerprint density at radius 3 is 2.38 bits per heavy atom. The van der Waals surface area contributed by atoms with Gasteiger partial charge in [-0.25, -0.2) is 4.39 Å². The Labute approximate surface area is 189 Å². The lowest BCUT2D eigenvalue weighted by Gasteiger charge is -2.12. The Hall–Kier alpha value is -3.64. The Kier molecular flexibility index (Phi) is 5.37. The lowest BCUT2D eigenvalue weighted by atomic mass is 10.1. The molecule has 0 atom stereocenters. The maximum absolute atomic E-state index is 14.2. The third kappa shape index (κ3) is 3.85. The number of halogens is 1. The number of carbonyl (C=O) groups is 2. The standard InChI is InChI=1S/C26H19FN2O2S/c27-22-12-6-4-10-19(22)16-28-17-20(21-11-5-7-13-23(21)28)14-24-25(30)29(26(31)32-24)15-18-8-2-1-3-9-18/h1-14,17H,15-16H2/b24-14-. The average Bonchev–Trinajstić information content (AvgIpc) is 3.28. The van der Waals surface area contributed by atoms with Crippen LogP contribution in [0.4, 0.5) is 9.18 Å². The number of fused-ring (bicyclic) bond motifs is 1. The molecule has 0 spiro atoms. The summed E-state index contributed by atoms with van der Waals surface area (Å²) in [6.07, 6.45) is 3.67. The number of imide groups is 1. The zero-order valence-corrected chi connectivity index (χ0v) is 17.9. The van der Waals surface area contributed by atoms with Crippen LogP contribution in [0.2, 0.25) is 0 Å². The van der Waals surface area contributed by atoms with E-state index in [9.17, 15) is 14.0 Å². The van der Waals surface area contributed by atoms with Crippen LogP contribution in [-0.4, -0.2) is 20.6 Å². The van der Waals surface area contributed by atoms with Crippen LogP contribution >= 0.6 is 11.8 Å². The maximum atomic E-state index is 14.2. The monoisotopic (exact) mass is 442 g/mol. The minimum absolute atomic E-state index is 0.248. The van der Waals surface area contributed by atoms with Gasteiger partial charge in [0.1, 0.15) is 5.82 Å². The second-order valence-corrected chi connectivity index (χ2v) is 8.57. The van der Waals surface area contributed by atoms with Crippen molar-refractivity contribution in [3.8, 4) is 0 Å². The molecule has 2 heterocycles. The molecule has 0 saturated carbocycles. The first kappa shape index (κ1) is 20.3. The van der Waals surface area contributed by atoms with Gasteiger partial charge in [-0.1, -0.05) is 66.7 Å². The van der Waals surface area contributed by atoms with Crippen LogP contribution in [0.15, 0.2) is 90.0 Å². The van der Waals surface area contributed by atoms with E-state index >= 15 is 0 Å². The van der Waals surface area contributed by atoms with E-state index in [1.165, 1.54) is 11.0 Å². The molecule has 4 nitrogen and oxygen atoms in total. The summed E-state index contributed by atoms with van der Waals surface area (Å²) in [6.45, 7) is 0.619. The molecule has 0 radical (unpaired) electrons. The normalized spacial score (nSPS) is 15.3. The summed E-state index contributed by atoms with van der Waals surface area (Å²) >= 11 is 0.949. The predicted octanol–water partition coefficient (Wildman–Crippen LogP) is 6.07. The lowest BCUT2D eigenvalue weighted by Crippen LogP contribution is -2.27. The third-order valence-electron chi connectivity index (χ3n) is 5.46. The molecule has 5 rings (SSSR count). The number of nitrogens with zero attached hydrogens (tertiary/aromatic N) is 2. The van der Waals surface area contributed by atoms with Crippen LogP contribution in [-0.2, 0) is 17.9 Å². The summed E-state index contributed by atoms with van der Waals surface area (Å²) in [5, 5.41) is 0.666. The first-order chi connectivity index (χ1) is 15.6. The molecule has 1 aliphatic heterocycles. The highest BCUT2D eigenvalue weighted by molar-refractivity contribution is 8.18. The fraction of sp³-hybridized carbons (Fsp3) is 0.0769. The number of hydrogen-bond acceptors (Lipinski definition) is 3. The number of thioether (sulfide) groups is 1.